The van der Waals surface area contributed by atoms with Crippen molar-refractivity contribution < 1.29 is 0 Å². The largest absolute Gasteiger partial charge is 0.338 e. The van der Waals surface area contributed by atoms with Gasteiger partial charge in [-0.2, -0.15) is 0 Å². The van der Waals surface area contributed by atoms with Crippen LogP contribution in [0.5, 0.6) is 0 Å². The molecule has 1 N–H and O–H groups in total. The Morgan fingerprint density at radius 3 is 2.52 bits per heavy atom. The molecule has 3 aromatic carbocycles. The van der Waals surface area contributed by atoms with Crippen molar-refractivity contribution in [3.05, 3.63) is 65.7 Å². The van der Waals surface area contributed by atoms with E-state index in [1.165, 1.54) is 21.9 Å². The SMILES string of the molecule is Cc1cc(C)c2nc(-c3ccc4ccccc4c3)[nH]c2c1. The second-order valence-electron chi connectivity index (χ2n) is 5.63. The zero-order chi connectivity index (χ0) is 14.4. The molecule has 4 aromatic rings. The number of hydrogen-bond donors (Lipinski definition) is 1. The second kappa shape index (κ2) is 4.45. The van der Waals surface area contributed by atoms with Gasteiger partial charge in [0, 0.05) is 5.56 Å². The third-order valence-electron chi connectivity index (χ3n) is 3.94. The molecule has 0 aliphatic rings. The predicted molar refractivity (Wildman–Crippen MR) is 88.5 cm³/mol. The van der Waals surface area contributed by atoms with Crippen LogP contribution < -0.4 is 0 Å². The summed E-state index contributed by atoms with van der Waals surface area (Å²) in [6, 6.07) is 19.2. The zero-order valence-electron chi connectivity index (χ0n) is 12.1. The molecule has 2 nitrogen and oxygen atoms in total. The normalized spacial score (nSPS) is 11.3. The summed E-state index contributed by atoms with van der Waals surface area (Å²) in [6.07, 6.45) is 0. The van der Waals surface area contributed by atoms with Gasteiger partial charge in [-0.25, -0.2) is 4.98 Å². The summed E-state index contributed by atoms with van der Waals surface area (Å²) in [6.45, 7) is 4.23. The van der Waals surface area contributed by atoms with Gasteiger partial charge in [0.25, 0.3) is 0 Å². The maximum Gasteiger partial charge on any atom is 0.138 e. The van der Waals surface area contributed by atoms with Crippen LogP contribution in [0, 0.1) is 13.8 Å². The van der Waals surface area contributed by atoms with Crippen LogP contribution in [-0.2, 0) is 0 Å². The molecule has 1 aromatic heterocycles. The molecule has 1 heterocycles. The van der Waals surface area contributed by atoms with E-state index < -0.39 is 0 Å². The van der Waals surface area contributed by atoms with Gasteiger partial charge < -0.3 is 4.98 Å². The molecule has 2 heteroatoms. The Morgan fingerprint density at radius 2 is 1.67 bits per heavy atom. The minimum atomic E-state index is 0.935. The van der Waals surface area contributed by atoms with E-state index in [0.717, 1.165) is 22.4 Å². The molecule has 0 saturated heterocycles. The Hall–Kier alpha value is -2.61. The number of H-pyrrole nitrogens is 1. The lowest BCUT2D eigenvalue weighted by molar-refractivity contribution is 1.33. The van der Waals surface area contributed by atoms with E-state index in [4.69, 9.17) is 4.98 Å². The first-order chi connectivity index (χ1) is 10.2. The van der Waals surface area contributed by atoms with Gasteiger partial charge in [-0.15, -0.1) is 0 Å². The average molecular weight is 272 g/mol. The van der Waals surface area contributed by atoms with E-state index in [-0.39, 0.29) is 0 Å². The number of hydrogen-bond acceptors (Lipinski definition) is 1. The minimum absolute atomic E-state index is 0.935. The highest BCUT2D eigenvalue weighted by Crippen LogP contribution is 2.26. The smallest absolute Gasteiger partial charge is 0.138 e. The van der Waals surface area contributed by atoms with Crippen molar-refractivity contribution in [3.8, 4) is 11.4 Å². The van der Waals surface area contributed by atoms with E-state index in [1.807, 2.05) is 0 Å². The number of benzene rings is 3. The summed E-state index contributed by atoms with van der Waals surface area (Å²) in [5, 5.41) is 2.49. The van der Waals surface area contributed by atoms with E-state index in [2.05, 4.69) is 73.4 Å². The Morgan fingerprint density at radius 1 is 0.857 bits per heavy atom. The zero-order valence-corrected chi connectivity index (χ0v) is 12.1. The Balaban J connectivity index is 1.93. The van der Waals surface area contributed by atoms with E-state index in [0.29, 0.717) is 0 Å². The summed E-state index contributed by atoms with van der Waals surface area (Å²) in [5.74, 6) is 0.935. The molecule has 21 heavy (non-hydrogen) atoms. The van der Waals surface area contributed by atoms with Crippen molar-refractivity contribution in [3.63, 3.8) is 0 Å². The maximum absolute atomic E-state index is 4.77. The van der Waals surface area contributed by atoms with Crippen molar-refractivity contribution in [1.82, 2.24) is 9.97 Å². The Bertz CT molecular complexity index is 964. The van der Waals surface area contributed by atoms with Crippen molar-refractivity contribution >= 4 is 21.8 Å². The lowest BCUT2D eigenvalue weighted by Crippen LogP contribution is -1.81. The molecule has 0 unspecified atom stereocenters. The third-order valence-corrected chi connectivity index (χ3v) is 3.94. The van der Waals surface area contributed by atoms with Crippen molar-refractivity contribution in [2.45, 2.75) is 13.8 Å². The van der Waals surface area contributed by atoms with E-state index in [1.54, 1.807) is 0 Å². The first kappa shape index (κ1) is 12.2. The van der Waals surface area contributed by atoms with Crippen molar-refractivity contribution in [1.29, 1.82) is 0 Å². The van der Waals surface area contributed by atoms with Gasteiger partial charge in [0.15, 0.2) is 0 Å². The van der Waals surface area contributed by atoms with Crippen LogP contribution in [0.4, 0.5) is 0 Å². The highest BCUT2D eigenvalue weighted by molar-refractivity contribution is 5.88. The molecule has 0 fully saturated rings. The van der Waals surface area contributed by atoms with Crippen LogP contribution in [0.25, 0.3) is 33.2 Å². The summed E-state index contributed by atoms with van der Waals surface area (Å²) in [4.78, 5) is 8.22. The topological polar surface area (TPSA) is 28.7 Å². The number of imidazole rings is 1. The fourth-order valence-corrected chi connectivity index (χ4v) is 2.94. The lowest BCUT2D eigenvalue weighted by Gasteiger charge is -2.00. The van der Waals surface area contributed by atoms with Gasteiger partial charge in [-0.05, 0) is 47.9 Å². The number of rotatable bonds is 1. The fourth-order valence-electron chi connectivity index (χ4n) is 2.94. The van der Waals surface area contributed by atoms with Crippen molar-refractivity contribution in [2.75, 3.05) is 0 Å². The van der Waals surface area contributed by atoms with Gasteiger partial charge >= 0.3 is 0 Å². The summed E-state index contributed by atoms with van der Waals surface area (Å²) in [5.41, 5.74) is 5.77. The number of aromatic amines is 1. The quantitative estimate of drug-likeness (QED) is 0.519. The van der Waals surface area contributed by atoms with E-state index >= 15 is 0 Å². The highest BCUT2D eigenvalue weighted by Gasteiger charge is 2.08. The average Bonchev–Trinajstić information content (AvgIpc) is 2.91. The number of aromatic nitrogens is 2. The molecule has 0 saturated carbocycles. The molecule has 0 amide bonds. The maximum atomic E-state index is 4.77. The summed E-state index contributed by atoms with van der Waals surface area (Å²) in [7, 11) is 0. The predicted octanol–water partition coefficient (Wildman–Crippen LogP) is 5.00. The standard InChI is InChI=1S/C19H16N2/c1-12-9-13(2)18-17(10-12)20-19(21-18)16-8-7-14-5-3-4-6-15(14)11-16/h3-11H,1-2H3,(H,20,21). The van der Waals surface area contributed by atoms with Crippen LogP contribution in [0.15, 0.2) is 54.6 Å². The van der Waals surface area contributed by atoms with E-state index in [9.17, 15) is 0 Å². The van der Waals surface area contributed by atoms with Gasteiger partial charge in [-0.1, -0.05) is 42.5 Å². The highest BCUT2D eigenvalue weighted by atomic mass is 14.9. The van der Waals surface area contributed by atoms with Crippen LogP contribution in [-0.4, -0.2) is 9.97 Å². The lowest BCUT2D eigenvalue weighted by atomic mass is 10.1. The molecule has 4 rings (SSSR count). The molecule has 102 valence electrons. The number of fused-ring (bicyclic) bond motifs is 2. The van der Waals surface area contributed by atoms with Crippen LogP contribution in [0.3, 0.4) is 0 Å². The Labute approximate surface area is 123 Å². The molecule has 0 aliphatic heterocycles. The van der Waals surface area contributed by atoms with Crippen molar-refractivity contribution in [2.24, 2.45) is 0 Å². The fraction of sp³-hybridized carbons (Fsp3) is 0.105. The van der Waals surface area contributed by atoms with Gasteiger partial charge in [0.05, 0.1) is 11.0 Å². The molecular formula is C19H16N2. The molecule has 0 radical (unpaired) electrons. The summed E-state index contributed by atoms with van der Waals surface area (Å²) >= 11 is 0. The first-order valence-corrected chi connectivity index (χ1v) is 7.17. The van der Waals surface area contributed by atoms with Gasteiger partial charge in [0.2, 0.25) is 0 Å². The molecule has 0 bridgehead atoms. The second-order valence-corrected chi connectivity index (χ2v) is 5.63. The third kappa shape index (κ3) is 2.00. The number of nitrogens with zero attached hydrogens (tertiary/aromatic N) is 1. The van der Waals surface area contributed by atoms with Crippen LogP contribution >= 0.6 is 0 Å². The van der Waals surface area contributed by atoms with Crippen LogP contribution in [0.1, 0.15) is 11.1 Å². The minimum Gasteiger partial charge on any atom is -0.338 e. The number of aryl methyl sites for hydroxylation is 2. The molecular weight excluding hydrogens is 256 g/mol. The molecule has 0 spiro atoms. The van der Waals surface area contributed by atoms with Gasteiger partial charge in [-0.3, -0.25) is 0 Å². The first-order valence-electron chi connectivity index (χ1n) is 7.17. The molecule has 0 aliphatic carbocycles. The number of nitrogens with one attached hydrogen (secondary N) is 1. The van der Waals surface area contributed by atoms with Gasteiger partial charge in [0.1, 0.15) is 5.82 Å². The summed E-state index contributed by atoms with van der Waals surface area (Å²) < 4.78 is 0. The molecule has 0 atom stereocenters. The Kier molecular flexibility index (Phi) is 2.58. The monoisotopic (exact) mass is 272 g/mol. The van der Waals surface area contributed by atoms with Crippen LogP contribution in [0.2, 0.25) is 0 Å².